The molecule has 0 unspecified atom stereocenters. The van der Waals surface area contributed by atoms with Crippen LogP contribution in [0.1, 0.15) is 33.6 Å². The predicted octanol–water partition coefficient (Wildman–Crippen LogP) is 0.0635. The number of amides is 2. The van der Waals surface area contributed by atoms with Crippen molar-refractivity contribution in [2.75, 3.05) is 6.54 Å². The Hall–Kier alpha value is -1.59. The van der Waals surface area contributed by atoms with Gasteiger partial charge >= 0.3 is 5.97 Å². The summed E-state index contributed by atoms with van der Waals surface area (Å²) in [5.41, 5.74) is 0. The number of cyclic esters (lactones) is 1. The van der Waals surface area contributed by atoms with Crippen LogP contribution in [0.3, 0.4) is 0 Å². The lowest BCUT2D eigenvalue weighted by atomic mass is 10.1. The van der Waals surface area contributed by atoms with Crippen molar-refractivity contribution in [1.29, 1.82) is 0 Å². The smallest absolute Gasteiger partial charge is 0.329 e. The van der Waals surface area contributed by atoms with Gasteiger partial charge in [-0.2, -0.15) is 0 Å². The van der Waals surface area contributed by atoms with Gasteiger partial charge in [0.2, 0.25) is 5.91 Å². The number of ether oxygens (including phenoxy) is 1. The zero-order valence-electron chi connectivity index (χ0n) is 11.5. The van der Waals surface area contributed by atoms with E-state index in [1.54, 1.807) is 11.8 Å². The van der Waals surface area contributed by atoms with E-state index in [1.807, 2.05) is 13.8 Å². The van der Waals surface area contributed by atoms with E-state index in [4.69, 9.17) is 4.74 Å². The number of carbonyl (C=O) groups excluding carboxylic acids is 3. The quantitative estimate of drug-likeness (QED) is 0.682. The molecule has 2 amide bonds. The molecule has 2 aliphatic heterocycles. The van der Waals surface area contributed by atoms with Crippen molar-refractivity contribution in [2.24, 2.45) is 5.92 Å². The molecule has 0 bridgehead atoms. The second-order valence-electron chi connectivity index (χ2n) is 5.52. The van der Waals surface area contributed by atoms with Crippen LogP contribution in [0.2, 0.25) is 0 Å². The lowest BCUT2D eigenvalue weighted by Crippen LogP contribution is -2.49. The maximum atomic E-state index is 12.4. The molecule has 3 atom stereocenters. The molecule has 1 N–H and O–H groups in total. The number of hydrogen-bond donors (Lipinski definition) is 1. The number of fused-ring (bicyclic) bond motifs is 1. The third-order valence-corrected chi connectivity index (χ3v) is 3.64. The Kier molecular flexibility index (Phi) is 3.78. The highest BCUT2D eigenvalue weighted by Crippen LogP contribution is 2.23. The minimum Gasteiger partial charge on any atom is -0.450 e. The average molecular weight is 268 g/mol. The van der Waals surface area contributed by atoms with E-state index >= 15 is 0 Å². The van der Waals surface area contributed by atoms with Gasteiger partial charge in [0.25, 0.3) is 5.91 Å². The Labute approximate surface area is 112 Å². The molecule has 19 heavy (non-hydrogen) atoms. The zero-order chi connectivity index (χ0) is 14.2. The molecule has 2 rings (SSSR count). The number of nitrogens with zero attached hydrogens (tertiary/aromatic N) is 1. The van der Waals surface area contributed by atoms with Gasteiger partial charge in [-0.05, 0) is 25.7 Å². The Balaban J connectivity index is 2.32. The lowest BCUT2D eigenvalue weighted by molar-refractivity contribution is -0.163. The summed E-state index contributed by atoms with van der Waals surface area (Å²) in [6.45, 7) is 5.79. The van der Waals surface area contributed by atoms with Gasteiger partial charge in [0.1, 0.15) is 12.1 Å². The van der Waals surface area contributed by atoms with Gasteiger partial charge in [-0.15, -0.1) is 0 Å². The summed E-state index contributed by atoms with van der Waals surface area (Å²) in [7, 11) is 0. The molecule has 0 radical (unpaired) electrons. The van der Waals surface area contributed by atoms with Crippen LogP contribution in [-0.2, 0) is 19.1 Å². The molecule has 0 aromatic carbocycles. The Morgan fingerprint density at radius 3 is 2.63 bits per heavy atom. The molecular weight excluding hydrogens is 248 g/mol. The highest BCUT2D eigenvalue weighted by Gasteiger charge is 2.42. The van der Waals surface area contributed by atoms with Crippen LogP contribution in [0.5, 0.6) is 0 Å². The standard InChI is InChI=1S/C13H20N2O4/c1-7(2)10-12(17)15-6-4-5-9(15)11(16)14-8(3)13(18)19-10/h7-10H,4-6H2,1-3H3,(H,14,16)/t8-,9+,10+/m1/s1. The normalized spacial score (nSPS) is 32.3. The van der Waals surface area contributed by atoms with Gasteiger partial charge in [-0.25, -0.2) is 4.79 Å². The fourth-order valence-electron chi connectivity index (χ4n) is 2.53. The Morgan fingerprint density at radius 2 is 2.00 bits per heavy atom. The van der Waals surface area contributed by atoms with Crippen LogP contribution in [0.4, 0.5) is 0 Å². The molecule has 2 saturated heterocycles. The molecule has 6 heteroatoms. The van der Waals surface area contributed by atoms with Crippen LogP contribution in [0.25, 0.3) is 0 Å². The monoisotopic (exact) mass is 268 g/mol. The summed E-state index contributed by atoms with van der Waals surface area (Å²) >= 11 is 0. The number of nitrogens with one attached hydrogen (secondary N) is 1. The van der Waals surface area contributed by atoms with Gasteiger partial charge in [0.15, 0.2) is 6.10 Å². The average Bonchev–Trinajstić information content (AvgIpc) is 2.82. The van der Waals surface area contributed by atoms with Crippen LogP contribution >= 0.6 is 0 Å². The second-order valence-corrected chi connectivity index (χ2v) is 5.52. The molecule has 6 nitrogen and oxygen atoms in total. The van der Waals surface area contributed by atoms with Crippen LogP contribution in [0.15, 0.2) is 0 Å². The van der Waals surface area contributed by atoms with Crippen molar-refractivity contribution in [3.63, 3.8) is 0 Å². The first-order valence-corrected chi connectivity index (χ1v) is 6.73. The van der Waals surface area contributed by atoms with E-state index < -0.39 is 24.2 Å². The summed E-state index contributed by atoms with van der Waals surface area (Å²) in [4.78, 5) is 37.9. The molecule has 0 aromatic rings. The van der Waals surface area contributed by atoms with Crippen molar-refractivity contribution in [3.05, 3.63) is 0 Å². The molecule has 106 valence electrons. The summed E-state index contributed by atoms with van der Waals surface area (Å²) in [5.74, 6) is -1.19. The van der Waals surface area contributed by atoms with Gasteiger partial charge in [-0.3, -0.25) is 9.59 Å². The minimum absolute atomic E-state index is 0.113. The number of rotatable bonds is 1. The van der Waals surface area contributed by atoms with Gasteiger partial charge in [0, 0.05) is 6.54 Å². The van der Waals surface area contributed by atoms with E-state index in [-0.39, 0.29) is 17.7 Å². The third kappa shape index (κ3) is 2.57. The topological polar surface area (TPSA) is 75.7 Å². The van der Waals surface area contributed by atoms with Crippen molar-refractivity contribution in [2.45, 2.75) is 51.8 Å². The van der Waals surface area contributed by atoms with Crippen molar-refractivity contribution in [3.8, 4) is 0 Å². The lowest BCUT2D eigenvalue weighted by Gasteiger charge is -2.27. The molecule has 0 saturated carbocycles. The molecular formula is C13H20N2O4. The summed E-state index contributed by atoms with van der Waals surface area (Å²) < 4.78 is 5.27. The van der Waals surface area contributed by atoms with Crippen molar-refractivity contribution in [1.82, 2.24) is 10.2 Å². The summed E-state index contributed by atoms with van der Waals surface area (Å²) in [5, 5.41) is 2.62. The van der Waals surface area contributed by atoms with E-state index in [1.165, 1.54) is 0 Å². The van der Waals surface area contributed by atoms with E-state index in [9.17, 15) is 14.4 Å². The second kappa shape index (κ2) is 5.19. The number of carbonyl (C=O) groups is 3. The van der Waals surface area contributed by atoms with E-state index in [2.05, 4.69) is 5.32 Å². The van der Waals surface area contributed by atoms with Gasteiger partial charge in [0.05, 0.1) is 0 Å². The Morgan fingerprint density at radius 1 is 1.32 bits per heavy atom. The predicted molar refractivity (Wildman–Crippen MR) is 67.1 cm³/mol. The molecule has 2 aliphatic rings. The van der Waals surface area contributed by atoms with Crippen LogP contribution < -0.4 is 5.32 Å². The molecule has 0 aromatic heterocycles. The first-order chi connectivity index (χ1) is 8.91. The molecule has 2 heterocycles. The molecule has 0 spiro atoms. The van der Waals surface area contributed by atoms with Crippen molar-refractivity contribution >= 4 is 17.8 Å². The van der Waals surface area contributed by atoms with Gasteiger partial charge in [-0.1, -0.05) is 13.8 Å². The fourth-order valence-corrected chi connectivity index (χ4v) is 2.53. The number of hydrogen-bond acceptors (Lipinski definition) is 4. The maximum absolute atomic E-state index is 12.4. The van der Waals surface area contributed by atoms with E-state index in [0.717, 1.165) is 6.42 Å². The summed E-state index contributed by atoms with van der Waals surface area (Å²) in [6.07, 6.45) is 0.642. The molecule has 0 aliphatic carbocycles. The third-order valence-electron chi connectivity index (χ3n) is 3.64. The van der Waals surface area contributed by atoms with Crippen molar-refractivity contribution < 1.29 is 19.1 Å². The number of esters is 1. The largest absolute Gasteiger partial charge is 0.450 e. The zero-order valence-corrected chi connectivity index (χ0v) is 11.5. The summed E-state index contributed by atoms with van der Waals surface area (Å²) in [6, 6.07) is -1.19. The Bertz CT molecular complexity index is 407. The first kappa shape index (κ1) is 13.8. The first-order valence-electron chi connectivity index (χ1n) is 6.73. The minimum atomic E-state index is -0.803. The fraction of sp³-hybridized carbons (Fsp3) is 0.769. The highest BCUT2D eigenvalue weighted by atomic mass is 16.6. The highest BCUT2D eigenvalue weighted by molar-refractivity contribution is 5.94. The maximum Gasteiger partial charge on any atom is 0.329 e. The van der Waals surface area contributed by atoms with Crippen LogP contribution in [0, 0.1) is 5.92 Å². The molecule has 2 fully saturated rings. The van der Waals surface area contributed by atoms with Crippen LogP contribution in [-0.4, -0.2) is 47.4 Å². The SMILES string of the molecule is CC(C)[C@@H]1OC(=O)[C@@H](C)NC(=O)[C@@H]2CCCN2C1=O. The van der Waals surface area contributed by atoms with E-state index in [0.29, 0.717) is 13.0 Å². The van der Waals surface area contributed by atoms with Gasteiger partial charge < -0.3 is 15.0 Å².